The zero-order chi connectivity index (χ0) is 22.0. The van der Waals surface area contributed by atoms with Crippen LogP contribution >= 0.6 is 0 Å². The zero-order valence-electron chi connectivity index (χ0n) is 18.2. The third kappa shape index (κ3) is 4.27. The first-order valence-electron chi connectivity index (χ1n) is 9.76. The quantitative estimate of drug-likeness (QED) is 0.650. The van der Waals surface area contributed by atoms with Gasteiger partial charge >= 0.3 is 0 Å². The molecule has 2 amide bonds. The number of carbonyl (C=O) groups excluding carboxylic acids is 2. The molecular weight excluding hydrogens is 382 g/mol. The van der Waals surface area contributed by atoms with Gasteiger partial charge in [0, 0.05) is 37.5 Å². The molecule has 0 aliphatic carbocycles. The highest BCUT2D eigenvalue weighted by Crippen LogP contribution is 2.30. The Morgan fingerprint density at radius 2 is 1.90 bits per heavy atom. The molecule has 0 aliphatic heterocycles. The van der Waals surface area contributed by atoms with Crippen LogP contribution in [0.4, 0.5) is 11.4 Å². The summed E-state index contributed by atoms with van der Waals surface area (Å²) in [5.41, 5.74) is 6.03. The average Bonchev–Trinajstić information content (AvgIpc) is 2.99. The SMILES string of the molecule is COc1nn(C)c2nc(C)c(CCC(=O)Nc3ccc(NC(C)=O)c(C)c3)c(C)c12. The number of nitrogens with one attached hydrogen (secondary N) is 2. The molecule has 0 aliphatic rings. The number of benzene rings is 1. The van der Waals surface area contributed by atoms with E-state index in [1.165, 1.54) is 6.92 Å². The van der Waals surface area contributed by atoms with E-state index in [4.69, 9.17) is 4.74 Å². The molecule has 0 saturated carbocycles. The normalized spacial score (nSPS) is 10.9. The van der Waals surface area contributed by atoms with Gasteiger partial charge in [-0.15, -0.1) is 5.10 Å². The highest BCUT2D eigenvalue weighted by molar-refractivity contribution is 5.93. The number of amides is 2. The number of hydrogen-bond acceptors (Lipinski definition) is 5. The summed E-state index contributed by atoms with van der Waals surface area (Å²) in [5.74, 6) is 0.327. The Morgan fingerprint density at radius 3 is 2.53 bits per heavy atom. The first-order chi connectivity index (χ1) is 14.2. The summed E-state index contributed by atoms with van der Waals surface area (Å²) >= 11 is 0. The molecule has 0 radical (unpaired) electrons. The van der Waals surface area contributed by atoms with Crippen LogP contribution < -0.4 is 15.4 Å². The number of pyridine rings is 1. The number of ether oxygens (including phenoxy) is 1. The monoisotopic (exact) mass is 409 g/mol. The summed E-state index contributed by atoms with van der Waals surface area (Å²) < 4.78 is 7.10. The van der Waals surface area contributed by atoms with Gasteiger partial charge in [-0.25, -0.2) is 9.67 Å². The fourth-order valence-electron chi connectivity index (χ4n) is 3.64. The van der Waals surface area contributed by atoms with Crippen LogP contribution in [0.2, 0.25) is 0 Å². The number of rotatable bonds is 6. The highest BCUT2D eigenvalue weighted by Gasteiger charge is 2.18. The van der Waals surface area contributed by atoms with Gasteiger partial charge in [-0.2, -0.15) is 0 Å². The second kappa shape index (κ2) is 8.52. The number of fused-ring (bicyclic) bond motifs is 1. The fraction of sp³-hybridized carbons (Fsp3) is 0.364. The van der Waals surface area contributed by atoms with Crippen LogP contribution in [-0.4, -0.2) is 33.7 Å². The zero-order valence-corrected chi connectivity index (χ0v) is 18.2. The molecular formula is C22H27N5O3. The second-order valence-corrected chi connectivity index (χ2v) is 7.39. The van der Waals surface area contributed by atoms with E-state index in [9.17, 15) is 9.59 Å². The number of aryl methyl sites for hydroxylation is 4. The van der Waals surface area contributed by atoms with Gasteiger partial charge in [-0.1, -0.05) is 0 Å². The largest absolute Gasteiger partial charge is 0.479 e. The number of anilines is 2. The summed E-state index contributed by atoms with van der Waals surface area (Å²) in [6.07, 6.45) is 0.886. The maximum Gasteiger partial charge on any atom is 0.242 e. The Labute approximate surface area is 175 Å². The lowest BCUT2D eigenvalue weighted by Gasteiger charge is -2.12. The minimum Gasteiger partial charge on any atom is -0.479 e. The van der Waals surface area contributed by atoms with Gasteiger partial charge < -0.3 is 15.4 Å². The number of hydrogen-bond donors (Lipinski definition) is 2. The number of methoxy groups -OCH3 is 1. The topological polar surface area (TPSA) is 98.1 Å². The lowest BCUT2D eigenvalue weighted by atomic mass is 10.00. The molecule has 158 valence electrons. The Hall–Kier alpha value is -3.42. The molecule has 0 spiro atoms. The Balaban J connectivity index is 1.74. The predicted octanol–water partition coefficient (Wildman–Crippen LogP) is 3.43. The number of nitrogens with zero attached hydrogens (tertiary/aromatic N) is 3. The molecule has 8 nitrogen and oxygen atoms in total. The van der Waals surface area contributed by atoms with Crippen molar-refractivity contribution in [2.45, 2.75) is 40.5 Å². The first-order valence-corrected chi connectivity index (χ1v) is 9.76. The third-order valence-corrected chi connectivity index (χ3v) is 5.14. The molecule has 0 atom stereocenters. The highest BCUT2D eigenvalue weighted by atomic mass is 16.5. The van der Waals surface area contributed by atoms with Crippen molar-refractivity contribution in [2.24, 2.45) is 7.05 Å². The second-order valence-electron chi connectivity index (χ2n) is 7.39. The Morgan fingerprint density at radius 1 is 1.17 bits per heavy atom. The minimum absolute atomic E-state index is 0.0845. The molecule has 3 rings (SSSR count). The van der Waals surface area contributed by atoms with Crippen LogP contribution in [0.25, 0.3) is 11.0 Å². The molecule has 2 N–H and O–H groups in total. The fourth-order valence-corrected chi connectivity index (χ4v) is 3.64. The van der Waals surface area contributed by atoms with Gasteiger partial charge in [0.1, 0.15) is 0 Å². The van der Waals surface area contributed by atoms with Crippen LogP contribution in [-0.2, 0) is 23.1 Å². The number of aromatic nitrogens is 3. The lowest BCUT2D eigenvalue weighted by molar-refractivity contribution is -0.116. The van der Waals surface area contributed by atoms with Crippen LogP contribution in [0.15, 0.2) is 18.2 Å². The van der Waals surface area contributed by atoms with E-state index in [2.05, 4.69) is 20.7 Å². The molecule has 0 saturated heterocycles. The van der Waals surface area contributed by atoms with E-state index < -0.39 is 0 Å². The number of carbonyl (C=O) groups is 2. The lowest BCUT2D eigenvalue weighted by Crippen LogP contribution is -2.14. The van der Waals surface area contributed by atoms with Crippen molar-refractivity contribution in [3.8, 4) is 5.88 Å². The van der Waals surface area contributed by atoms with Crippen LogP contribution in [0.5, 0.6) is 5.88 Å². The first kappa shape index (κ1) is 21.3. The van der Waals surface area contributed by atoms with E-state index in [-0.39, 0.29) is 11.8 Å². The van der Waals surface area contributed by atoms with Gasteiger partial charge in [0.05, 0.1) is 12.5 Å². The van der Waals surface area contributed by atoms with Crippen molar-refractivity contribution in [1.82, 2.24) is 14.8 Å². The van der Waals surface area contributed by atoms with E-state index in [1.54, 1.807) is 23.9 Å². The molecule has 0 bridgehead atoms. The predicted molar refractivity (Wildman–Crippen MR) is 117 cm³/mol. The molecule has 30 heavy (non-hydrogen) atoms. The van der Waals surface area contributed by atoms with Crippen molar-refractivity contribution < 1.29 is 14.3 Å². The summed E-state index contributed by atoms with van der Waals surface area (Å²) in [4.78, 5) is 28.4. The summed E-state index contributed by atoms with van der Waals surface area (Å²) in [6.45, 7) is 7.31. The van der Waals surface area contributed by atoms with Gasteiger partial charge in [0.25, 0.3) is 0 Å². The van der Waals surface area contributed by atoms with E-state index in [0.717, 1.165) is 39.1 Å². The average molecular weight is 409 g/mol. The molecule has 1 aromatic carbocycles. The molecule has 2 heterocycles. The minimum atomic E-state index is -0.128. The summed E-state index contributed by atoms with van der Waals surface area (Å²) in [6, 6.07) is 5.40. The van der Waals surface area contributed by atoms with Crippen molar-refractivity contribution in [3.63, 3.8) is 0 Å². The van der Waals surface area contributed by atoms with Crippen molar-refractivity contribution in [2.75, 3.05) is 17.7 Å². The van der Waals surface area contributed by atoms with Crippen LogP contribution in [0.1, 0.15) is 35.7 Å². The van der Waals surface area contributed by atoms with Gasteiger partial charge in [-0.3, -0.25) is 9.59 Å². The third-order valence-electron chi connectivity index (χ3n) is 5.14. The summed E-state index contributed by atoms with van der Waals surface area (Å²) in [7, 11) is 3.43. The summed E-state index contributed by atoms with van der Waals surface area (Å²) in [5, 5.41) is 10.9. The van der Waals surface area contributed by atoms with Crippen LogP contribution in [0, 0.1) is 20.8 Å². The van der Waals surface area contributed by atoms with Gasteiger partial charge in [0.15, 0.2) is 5.65 Å². The van der Waals surface area contributed by atoms with E-state index in [0.29, 0.717) is 24.4 Å². The molecule has 0 fully saturated rings. The molecule has 3 aromatic rings. The maximum atomic E-state index is 12.5. The molecule has 8 heteroatoms. The van der Waals surface area contributed by atoms with Gasteiger partial charge in [0.2, 0.25) is 17.7 Å². The standard InChI is InChI=1S/C22H27N5O3/c1-12-11-16(7-9-18(12)24-15(4)28)25-19(29)10-8-17-13(2)20-21(23-14(17)3)27(5)26-22(20)30-6/h7,9,11H,8,10H2,1-6H3,(H,24,28)(H,25,29). The smallest absolute Gasteiger partial charge is 0.242 e. The Kier molecular flexibility index (Phi) is 6.05. The molecule has 2 aromatic heterocycles. The molecule has 0 unspecified atom stereocenters. The van der Waals surface area contributed by atoms with E-state index in [1.807, 2.05) is 33.9 Å². The Bertz CT molecular complexity index is 1130. The van der Waals surface area contributed by atoms with Crippen molar-refractivity contribution >= 4 is 34.2 Å². The van der Waals surface area contributed by atoms with E-state index >= 15 is 0 Å². The van der Waals surface area contributed by atoms with Crippen molar-refractivity contribution in [3.05, 3.63) is 40.6 Å². The van der Waals surface area contributed by atoms with Crippen molar-refractivity contribution in [1.29, 1.82) is 0 Å². The maximum absolute atomic E-state index is 12.5. The van der Waals surface area contributed by atoms with Gasteiger partial charge in [-0.05, 0) is 62.1 Å². The van der Waals surface area contributed by atoms with Crippen LogP contribution in [0.3, 0.4) is 0 Å².